The van der Waals surface area contributed by atoms with E-state index in [-0.39, 0.29) is 52.6 Å². The number of hydrogen-bond acceptors (Lipinski definition) is 7. The largest absolute Gasteiger partial charge is 0.505 e. The Morgan fingerprint density at radius 1 is 0.917 bits per heavy atom. The SMILES string of the molecule is COc1ccc(OC)c(C=Cc2ccc(N3C(=O)C4CC=C5C(c6cccc(F)c6O)C6=C(CC5C4C3=O)C(=O)C(C)=CC6=O)cc2)c1. The van der Waals surface area contributed by atoms with Gasteiger partial charge in [0.2, 0.25) is 11.8 Å². The average Bonchev–Trinajstić information content (AvgIpc) is 3.35. The van der Waals surface area contributed by atoms with E-state index in [9.17, 15) is 28.7 Å². The fraction of sp³-hybridized carbons (Fsp3) is 0.231. The van der Waals surface area contributed by atoms with Gasteiger partial charge in [-0.25, -0.2) is 4.39 Å². The number of rotatable bonds is 6. The van der Waals surface area contributed by atoms with Crippen LogP contribution in [0.3, 0.4) is 0 Å². The van der Waals surface area contributed by atoms with Crippen molar-refractivity contribution in [3.05, 3.63) is 118 Å². The summed E-state index contributed by atoms with van der Waals surface area (Å²) < 4.78 is 25.4. The number of para-hydroxylation sites is 1. The third-order valence-electron chi connectivity index (χ3n) is 9.93. The van der Waals surface area contributed by atoms with Crippen LogP contribution in [0.4, 0.5) is 10.1 Å². The monoisotopic (exact) mass is 645 g/mol. The number of nitrogens with zero attached hydrogens (tertiary/aromatic N) is 1. The van der Waals surface area contributed by atoms with Crippen molar-refractivity contribution in [1.82, 2.24) is 0 Å². The summed E-state index contributed by atoms with van der Waals surface area (Å²) in [5.74, 6) is -4.52. The summed E-state index contributed by atoms with van der Waals surface area (Å²) in [5.41, 5.74) is 3.58. The molecule has 1 N–H and O–H groups in total. The van der Waals surface area contributed by atoms with Gasteiger partial charge in [0.05, 0.1) is 31.7 Å². The zero-order chi connectivity index (χ0) is 33.9. The summed E-state index contributed by atoms with van der Waals surface area (Å²) in [7, 11) is 3.18. The van der Waals surface area contributed by atoms with Gasteiger partial charge in [-0.15, -0.1) is 0 Å². The minimum Gasteiger partial charge on any atom is -0.505 e. The predicted octanol–water partition coefficient (Wildman–Crippen LogP) is 6.35. The molecular weight excluding hydrogens is 613 g/mol. The number of hydrogen-bond donors (Lipinski definition) is 1. The van der Waals surface area contributed by atoms with Crippen molar-refractivity contribution in [2.45, 2.75) is 25.7 Å². The Bertz CT molecular complexity index is 2040. The molecule has 7 rings (SSSR count). The predicted molar refractivity (Wildman–Crippen MR) is 177 cm³/mol. The summed E-state index contributed by atoms with van der Waals surface area (Å²) >= 11 is 0. The smallest absolute Gasteiger partial charge is 0.238 e. The van der Waals surface area contributed by atoms with E-state index in [2.05, 4.69) is 0 Å². The van der Waals surface area contributed by atoms with E-state index in [1.807, 2.05) is 48.6 Å². The summed E-state index contributed by atoms with van der Waals surface area (Å²) in [6, 6.07) is 16.6. The van der Waals surface area contributed by atoms with Crippen LogP contribution in [-0.4, -0.2) is 42.7 Å². The minimum absolute atomic E-state index is 0.0923. The molecular formula is C39H32FNO7. The number of halogens is 1. The molecule has 3 aliphatic carbocycles. The van der Waals surface area contributed by atoms with Crippen molar-refractivity contribution < 1.29 is 38.1 Å². The first-order valence-electron chi connectivity index (χ1n) is 15.7. The lowest BCUT2D eigenvalue weighted by atomic mass is 9.59. The Balaban J connectivity index is 1.21. The van der Waals surface area contributed by atoms with E-state index < -0.39 is 41.1 Å². The summed E-state index contributed by atoms with van der Waals surface area (Å²) in [4.78, 5) is 56.1. The minimum atomic E-state index is -0.928. The Hall–Kier alpha value is -5.57. The molecule has 8 nitrogen and oxygen atoms in total. The van der Waals surface area contributed by atoms with Crippen LogP contribution >= 0.6 is 0 Å². The van der Waals surface area contributed by atoms with Crippen LogP contribution in [0.5, 0.6) is 17.2 Å². The third kappa shape index (κ3) is 4.89. The molecule has 0 bridgehead atoms. The van der Waals surface area contributed by atoms with E-state index >= 15 is 0 Å². The Kier molecular flexibility index (Phi) is 7.70. The van der Waals surface area contributed by atoms with E-state index in [1.165, 1.54) is 23.1 Å². The maximum Gasteiger partial charge on any atom is 0.238 e. The van der Waals surface area contributed by atoms with Gasteiger partial charge in [0.1, 0.15) is 11.5 Å². The first kappa shape index (κ1) is 31.1. The number of phenols is 1. The molecule has 9 heteroatoms. The lowest BCUT2D eigenvalue weighted by Crippen LogP contribution is -2.39. The molecule has 48 heavy (non-hydrogen) atoms. The van der Waals surface area contributed by atoms with Crippen molar-refractivity contribution in [3.63, 3.8) is 0 Å². The average molecular weight is 646 g/mol. The standard InChI is InChI=1S/C39H32FNO7/c1-20-17-31(42)35-29(36(20)43)19-28-25(33(35)26-5-4-6-30(40)37(26)44)14-15-27-34(28)39(46)41(38(27)45)23-11-8-21(9-12-23)7-10-22-18-24(47-2)13-16-32(22)48-3/h4-14,16-18,27-28,33-34,44H,15,19H2,1-3H3. The number of allylic oxidation sites excluding steroid dienone is 6. The number of ether oxygens (including phenoxy) is 2. The van der Waals surface area contributed by atoms with Crippen LogP contribution in [0, 0.1) is 23.6 Å². The van der Waals surface area contributed by atoms with Gasteiger partial charge >= 0.3 is 0 Å². The highest BCUT2D eigenvalue weighted by Crippen LogP contribution is 2.56. The zero-order valence-corrected chi connectivity index (χ0v) is 26.5. The van der Waals surface area contributed by atoms with Crippen LogP contribution in [0.2, 0.25) is 0 Å². The number of carbonyl (C=O) groups excluding carboxylic acids is 4. The number of imide groups is 1. The fourth-order valence-corrected chi connectivity index (χ4v) is 7.65. The van der Waals surface area contributed by atoms with Crippen LogP contribution in [0.25, 0.3) is 12.2 Å². The normalized spacial score (nSPS) is 23.5. The highest BCUT2D eigenvalue weighted by atomic mass is 19.1. The van der Waals surface area contributed by atoms with E-state index in [0.717, 1.165) is 17.2 Å². The lowest BCUT2D eigenvalue weighted by Gasteiger charge is -2.42. The van der Waals surface area contributed by atoms with Crippen LogP contribution in [0.1, 0.15) is 42.4 Å². The highest BCUT2D eigenvalue weighted by Gasteiger charge is 2.56. The van der Waals surface area contributed by atoms with Gasteiger partial charge in [-0.1, -0.05) is 48.1 Å². The van der Waals surface area contributed by atoms with Crippen molar-refractivity contribution in [3.8, 4) is 17.2 Å². The zero-order valence-electron chi connectivity index (χ0n) is 26.5. The molecule has 2 amide bonds. The number of fused-ring (bicyclic) bond motifs is 3. The highest BCUT2D eigenvalue weighted by molar-refractivity contribution is 6.25. The fourth-order valence-electron chi connectivity index (χ4n) is 7.65. The van der Waals surface area contributed by atoms with Crippen LogP contribution in [0.15, 0.2) is 95.1 Å². The molecule has 1 fully saturated rings. The van der Waals surface area contributed by atoms with Crippen molar-refractivity contribution in [2.75, 3.05) is 19.1 Å². The molecule has 0 saturated carbocycles. The molecule has 0 spiro atoms. The number of benzene rings is 3. The molecule has 1 aliphatic heterocycles. The topological polar surface area (TPSA) is 110 Å². The number of aromatic hydroxyl groups is 1. The van der Waals surface area contributed by atoms with Gasteiger partial charge in [-0.2, -0.15) is 0 Å². The second kappa shape index (κ2) is 11.9. The summed E-state index contributed by atoms with van der Waals surface area (Å²) in [6.45, 7) is 1.56. The van der Waals surface area contributed by atoms with Gasteiger partial charge in [-0.05, 0) is 73.7 Å². The number of amides is 2. The van der Waals surface area contributed by atoms with Gasteiger partial charge < -0.3 is 14.6 Å². The molecule has 242 valence electrons. The van der Waals surface area contributed by atoms with E-state index in [1.54, 1.807) is 33.3 Å². The number of carbonyl (C=O) groups is 4. The second-order valence-corrected chi connectivity index (χ2v) is 12.5. The van der Waals surface area contributed by atoms with E-state index in [0.29, 0.717) is 22.8 Å². The molecule has 0 radical (unpaired) electrons. The molecule has 0 aromatic heterocycles. The number of anilines is 1. The van der Waals surface area contributed by atoms with Gasteiger partial charge in [-0.3, -0.25) is 24.1 Å². The molecule has 4 unspecified atom stereocenters. The molecule has 4 atom stereocenters. The maximum atomic E-state index is 14.6. The first-order chi connectivity index (χ1) is 23.1. The number of Topliss-reactive ketones (excluding diaryl/α,β-unsaturated/α-hetero) is 1. The molecule has 3 aromatic rings. The quantitative estimate of drug-likeness (QED) is 0.144. The summed E-state index contributed by atoms with van der Waals surface area (Å²) in [5, 5.41) is 10.8. The van der Waals surface area contributed by atoms with Crippen LogP contribution < -0.4 is 14.4 Å². The van der Waals surface area contributed by atoms with Gasteiger partial charge in [0.25, 0.3) is 0 Å². The molecule has 1 saturated heterocycles. The lowest BCUT2D eigenvalue weighted by molar-refractivity contribution is -0.123. The Labute approximate surface area is 276 Å². The number of ketones is 2. The molecule has 1 heterocycles. The number of phenolic OH excluding ortho intramolecular Hbond substituents is 1. The molecule has 4 aliphatic rings. The number of methoxy groups -OCH3 is 2. The Morgan fingerprint density at radius 2 is 1.69 bits per heavy atom. The maximum absolute atomic E-state index is 14.6. The second-order valence-electron chi connectivity index (χ2n) is 12.5. The summed E-state index contributed by atoms with van der Waals surface area (Å²) in [6.07, 6.45) is 7.20. The van der Waals surface area contributed by atoms with Crippen molar-refractivity contribution >= 4 is 41.2 Å². The first-order valence-corrected chi connectivity index (χ1v) is 15.7. The van der Waals surface area contributed by atoms with Crippen molar-refractivity contribution in [2.24, 2.45) is 17.8 Å². The Morgan fingerprint density at radius 3 is 2.42 bits per heavy atom. The van der Waals surface area contributed by atoms with Gasteiger partial charge in [0, 0.05) is 33.8 Å². The third-order valence-corrected chi connectivity index (χ3v) is 9.93. The van der Waals surface area contributed by atoms with Gasteiger partial charge in [0.15, 0.2) is 23.1 Å². The van der Waals surface area contributed by atoms with E-state index in [4.69, 9.17) is 9.47 Å². The van der Waals surface area contributed by atoms with Crippen LogP contribution in [-0.2, 0) is 19.2 Å². The van der Waals surface area contributed by atoms with Crippen molar-refractivity contribution in [1.29, 1.82) is 0 Å². The molecule has 3 aromatic carbocycles.